The van der Waals surface area contributed by atoms with Crippen molar-refractivity contribution in [2.24, 2.45) is 5.73 Å². The lowest BCUT2D eigenvalue weighted by atomic mass is 9.92. The molecule has 0 unspecified atom stereocenters. The molecule has 5 heteroatoms. The SMILES string of the molecule is Cc1ccc(S(=O)(=O)N(C)C2CCC(N)CC2)c(C)c1. The molecule has 1 saturated carbocycles. The molecule has 0 aromatic heterocycles. The minimum absolute atomic E-state index is 0.0699. The van der Waals surface area contributed by atoms with E-state index in [1.165, 1.54) is 4.31 Å². The summed E-state index contributed by atoms with van der Waals surface area (Å²) in [7, 11) is -1.72. The molecule has 1 fully saturated rings. The van der Waals surface area contributed by atoms with Gasteiger partial charge in [0.15, 0.2) is 0 Å². The monoisotopic (exact) mass is 296 g/mol. The van der Waals surface area contributed by atoms with Gasteiger partial charge in [-0.15, -0.1) is 0 Å². The van der Waals surface area contributed by atoms with Crippen molar-refractivity contribution >= 4 is 10.0 Å². The highest BCUT2D eigenvalue weighted by Gasteiger charge is 2.31. The number of benzene rings is 1. The number of hydrogen-bond donors (Lipinski definition) is 1. The molecular formula is C15H24N2O2S. The van der Waals surface area contributed by atoms with Crippen LogP contribution in [0.5, 0.6) is 0 Å². The molecule has 0 amide bonds. The molecule has 0 spiro atoms. The Balaban J connectivity index is 2.25. The Morgan fingerprint density at radius 3 is 2.30 bits per heavy atom. The summed E-state index contributed by atoms with van der Waals surface area (Å²) in [4.78, 5) is 0.417. The highest BCUT2D eigenvalue weighted by atomic mass is 32.2. The van der Waals surface area contributed by atoms with Crippen molar-refractivity contribution in [1.29, 1.82) is 0 Å². The van der Waals surface area contributed by atoms with E-state index >= 15 is 0 Å². The fourth-order valence-electron chi connectivity index (χ4n) is 2.91. The topological polar surface area (TPSA) is 63.4 Å². The van der Waals surface area contributed by atoms with Gasteiger partial charge in [-0.2, -0.15) is 4.31 Å². The Morgan fingerprint density at radius 2 is 1.75 bits per heavy atom. The summed E-state index contributed by atoms with van der Waals surface area (Å²) in [5.74, 6) is 0. The van der Waals surface area contributed by atoms with Gasteiger partial charge in [0, 0.05) is 19.1 Å². The summed E-state index contributed by atoms with van der Waals surface area (Å²) >= 11 is 0. The number of nitrogens with two attached hydrogens (primary N) is 1. The van der Waals surface area contributed by atoms with Gasteiger partial charge in [0.05, 0.1) is 4.90 Å². The molecule has 1 aromatic rings. The summed E-state index contributed by atoms with van der Waals surface area (Å²) in [6, 6.07) is 5.77. The lowest BCUT2D eigenvalue weighted by Gasteiger charge is -2.33. The summed E-state index contributed by atoms with van der Waals surface area (Å²) in [6.45, 7) is 3.82. The summed E-state index contributed by atoms with van der Waals surface area (Å²) in [5.41, 5.74) is 7.78. The van der Waals surface area contributed by atoms with E-state index in [9.17, 15) is 8.42 Å². The molecule has 0 radical (unpaired) electrons. The second-order valence-corrected chi connectivity index (χ2v) is 7.82. The third-order valence-electron chi connectivity index (χ3n) is 4.24. The van der Waals surface area contributed by atoms with Crippen LogP contribution < -0.4 is 5.73 Å². The van der Waals surface area contributed by atoms with Crippen molar-refractivity contribution in [3.63, 3.8) is 0 Å². The highest BCUT2D eigenvalue weighted by Crippen LogP contribution is 2.27. The minimum Gasteiger partial charge on any atom is -0.328 e. The molecular weight excluding hydrogens is 272 g/mol. The lowest BCUT2D eigenvalue weighted by molar-refractivity contribution is 0.268. The van der Waals surface area contributed by atoms with Crippen LogP contribution in [0.1, 0.15) is 36.8 Å². The van der Waals surface area contributed by atoms with Crippen LogP contribution in [0.15, 0.2) is 23.1 Å². The average molecular weight is 296 g/mol. The van der Waals surface area contributed by atoms with E-state index in [0.717, 1.165) is 36.8 Å². The Bertz CT molecular complexity index is 576. The van der Waals surface area contributed by atoms with E-state index in [2.05, 4.69) is 0 Å². The van der Waals surface area contributed by atoms with Gasteiger partial charge in [0.2, 0.25) is 10.0 Å². The molecule has 1 aliphatic carbocycles. The van der Waals surface area contributed by atoms with Crippen LogP contribution in [-0.2, 0) is 10.0 Å². The fourth-order valence-corrected chi connectivity index (χ4v) is 4.52. The maximum Gasteiger partial charge on any atom is 0.243 e. The van der Waals surface area contributed by atoms with Crippen molar-refractivity contribution in [3.05, 3.63) is 29.3 Å². The van der Waals surface area contributed by atoms with Gasteiger partial charge in [-0.25, -0.2) is 8.42 Å². The van der Waals surface area contributed by atoms with E-state index in [0.29, 0.717) is 4.90 Å². The van der Waals surface area contributed by atoms with E-state index < -0.39 is 10.0 Å². The number of aryl methyl sites for hydroxylation is 2. The molecule has 0 aliphatic heterocycles. The average Bonchev–Trinajstić information content (AvgIpc) is 2.38. The predicted molar refractivity (Wildman–Crippen MR) is 81.1 cm³/mol. The number of sulfonamides is 1. The van der Waals surface area contributed by atoms with Gasteiger partial charge >= 0.3 is 0 Å². The summed E-state index contributed by atoms with van der Waals surface area (Å²) in [5, 5.41) is 0. The molecule has 2 rings (SSSR count). The third kappa shape index (κ3) is 3.05. The summed E-state index contributed by atoms with van der Waals surface area (Å²) in [6.07, 6.45) is 3.50. The second-order valence-electron chi connectivity index (χ2n) is 5.86. The highest BCUT2D eigenvalue weighted by molar-refractivity contribution is 7.89. The van der Waals surface area contributed by atoms with Crippen LogP contribution in [0, 0.1) is 13.8 Å². The van der Waals surface area contributed by atoms with E-state index in [-0.39, 0.29) is 12.1 Å². The van der Waals surface area contributed by atoms with Gasteiger partial charge in [-0.05, 0) is 51.2 Å². The number of hydrogen-bond acceptors (Lipinski definition) is 3. The first-order chi connectivity index (χ1) is 9.32. The summed E-state index contributed by atoms with van der Waals surface area (Å²) < 4.78 is 27.0. The second kappa shape index (κ2) is 5.84. The molecule has 1 aliphatic rings. The maximum absolute atomic E-state index is 12.7. The van der Waals surface area contributed by atoms with Crippen molar-refractivity contribution < 1.29 is 8.42 Å². The maximum atomic E-state index is 12.7. The minimum atomic E-state index is -3.41. The van der Waals surface area contributed by atoms with Crippen molar-refractivity contribution in [2.45, 2.75) is 56.5 Å². The quantitative estimate of drug-likeness (QED) is 0.930. The molecule has 0 bridgehead atoms. The fraction of sp³-hybridized carbons (Fsp3) is 0.600. The standard InChI is InChI=1S/C15H24N2O2S/c1-11-4-9-15(12(2)10-11)20(18,19)17(3)14-7-5-13(16)6-8-14/h4,9-10,13-14H,5-8,16H2,1-3H3. The third-order valence-corrected chi connectivity index (χ3v) is 6.31. The Hall–Kier alpha value is -0.910. The van der Waals surface area contributed by atoms with Gasteiger partial charge in [0.1, 0.15) is 0 Å². The number of nitrogens with zero attached hydrogens (tertiary/aromatic N) is 1. The van der Waals surface area contributed by atoms with E-state index in [1.807, 2.05) is 26.0 Å². The van der Waals surface area contributed by atoms with Gasteiger partial charge in [-0.1, -0.05) is 17.7 Å². The van der Waals surface area contributed by atoms with Crippen LogP contribution in [-0.4, -0.2) is 31.9 Å². The Morgan fingerprint density at radius 1 is 1.15 bits per heavy atom. The predicted octanol–water partition coefficient (Wildman–Crippen LogP) is 2.19. The van der Waals surface area contributed by atoms with Crippen molar-refractivity contribution in [2.75, 3.05) is 7.05 Å². The Labute approximate surface area is 122 Å². The van der Waals surface area contributed by atoms with Crippen LogP contribution in [0.3, 0.4) is 0 Å². The first kappa shape index (κ1) is 15.5. The first-order valence-corrected chi connectivity index (χ1v) is 8.57. The molecule has 0 heterocycles. The normalized spacial score (nSPS) is 24.1. The van der Waals surface area contributed by atoms with Crippen molar-refractivity contribution in [3.8, 4) is 0 Å². The van der Waals surface area contributed by atoms with Crippen LogP contribution in [0.2, 0.25) is 0 Å². The molecule has 0 saturated heterocycles. The zero-order valence-electron chi connectivity index (χ0n) is 12.5. The molecule has 112 valence electrons. The zero-order valence-corrected chi connectivity index (χ0v) is 13.3. The zero-order chi connectivity index (χ0) is 14.9. The van der Waals surface area contributed by atoms with Gasteiger partial charge in [-0.3, -0.25) is 0 Å². The molecule has 20 heavy (non-hydrogen) atoms. The largest absolute Gasteiger partial charge is 0.328 e. The molecule has 1 aromatic carbocycles. The smallest absolute Gasteiger partial charge is 0.243 e. The van der Waals surface area contributed by atoms with Gasteiger partial charge < -0.3 is 5.73 Å². The molecule has 4 nitrogen and oxygen atoms in total. The molecule has 2 N–H and O–H groups in total. The Kier molecular flexibility index (Phi) is 4.52. The number of rotatable bonds is 3. The van der Waals surface area contributed by atoms with E-state index in [1.54, 1.807) is 13.1 Å². The first-order valence-electron chi connectivity index (χ1n) is 7.13. The van der Waals surface area contributed by atoms with Crippen molar-refractivity contribution in [1.82, 2.24) is 4.31 Å². The van der Waals surface area contributed by atoms with Gasteiger partial charge in [0.25, 0.3) is 0 Å². The van der Waals surface area contributed by atoms with Crippen LogP contribution >= 0.6 is 0 Å². The molecule has 0 atom stereocenters. The van der Waals surface area contributed by atoms with Crippen LogP contribution in [0.4, 0.5) is 0 Å². The van der Waals surface area contributed by atoms with Crippen LogP contribution in [0.25, 0.3) is 0 Å². The lowest BCUT2D eigenvalue weighted by Crippen LogP contribution is -2.41. The van der Waals surface area contributed by atoms with E-state index in [4.69, 9.17) is 5.73 Å².